The fourth-order valence-electron chi connectivity index (χ4n) is 10.4. The van der Waals surface area contributed by atoms with E-state index in [4.69, 9.17) is 0 Å². The van der Waals surface area contributed by atoms with Crippen molar-refractivity contribution in [3.05, 3.63) is 217 Å². The first-order valence-corrected chi connectivity index (χ1v) is 21.0. The first kappa shape index (κ1) is 34.6. The number of hydrogen-bond acceptors (Lipinski definition) is 2. The van der Waals surface area contributed by atoms with Crippen LogP contribution in [0.3, 0.4) is 0 Å². The second-order valence-corrected chi connectivity index (χ2v) is 17.0. The van der Waals surface area contributed by atoms with Gasteiger partial charge in [0, 0.05) is 38.8 Å². The van der Waals surface area contributed by atoms with Crippen molar-refractivity contribution in [2.75, 3.05) is 9.80 Å². The van der Waals surface area contributed by atoms with Gasteiger partial charge < -0.3 is 9.80 Å². The van der Waals surface area contributed by atoms with Crippen molar-refractivity contribution in [1.29, 1.82) is 0 Å². The normalized spacial score (nSPS) is 13.1. The first-order valence-electron chi connectivity index (χ1n) is 21.0. The number of benzene rings is 11. The lowest BCUT2D eigenvalue weighted by molar-refractivity contribution is 0.663. The molecule has 0 amide bonds. The van der Waals surface area contributed by atoms with Gasteiger partial charge in [-0.05, 0) is 121 Å². The van der Waals surface area contributed by atoms with E-state index in [1.165, 1.54) is 98.7 Å². The van der Waals surface area contributed by atoms with Crippen LogP contribution in [0.15, 0.2) is 200 Å². The molecule has 11 aromatic carbocycles. The molecule has 0 radical (unpaired) electrons. The molecule has 0 bridgehead atoms. The van der Waals surface area contributed by atoms with E-state index in [1.807, 2.05) is 0 Å². The van der Waals surface area contributed by atoms with Gasteiger partial charge in [0.05, 0.1) is 17.1 Å². The van der Waals surface area contributed by atoms with Gasteiger partial charge in [-0.3, -0.25) is 0 Å². The summed E-state index contributed by atoms with van der Waals surface area (Å²) in [6.07, 6.45) is 0. The van der Waals surface area contributed by atoms with E-state index in [9.17, 15) is 0 Å². The number of rotatable bonds is 7. The van der Waals surface area contributed by atoms with Gasteiger partial charge in [-0.2, -0.15) is 0 Å². The van der Waals surface area contributed by atoms with Crippen molar-refractivity contribution in [1.82, 2.24) is 0 Å². The van der Waals surface area contributed by atoms with Crippen LogP contribution in [0.25, 0.3) is 65.0 Å². The zero-order valence-electron chi connectivity index (χ0n) is 33.9. The molecule has 0 aliphatic heterocycles. The summed E-state index contributed by atoms with van der Waals surface area (Å²) in [5.74, 6) is 0. The molecule has 0 heterocycles. The number of hydrogen-bond donors (Lipinski definition) is 0. The predicted octanol–water partition coefficient (Wildman–Crippen LogP) is 16.4. The Hall–Kier alpha value is -7.42. The van der Waals surface area contributed by atoms with Gasteiger partial charge in [0.2, 0.25) is 0 Å². The van der Waals surface area contributed by atoms with Gasteiger partial charge in [-0.15, -0.1) is 0 Å². The molecule has 2 heteroatoms. The van der Waals surface area contributed by atoms with Crippen LogP contribution in [0.2, 0.25) is 0 Å². The van der Waals surface area contributed by atoms with Crippen molar-refractivity contribution < 1.29 is 0 Å². The largest absolute Gasteiger partial charge is 0.310 e. The first-order chi connectivity index (χ1) is 29.5. The van der Waals surface area contributed by atoms with Gasteiger partial charge in [0.15, 0.2) is 0 Å². The maximum atomic E-state index is 2.49. The van der Waals surface area contributed by atoms with Gasteiger partial charge >= 0.3 is 0 Å². The molecule has 0 fully saturated rings. The van der Waals surface area contributed by atoms with Gasteiger partial charge in [0.1, 0.15) is 0 Å². The molecule has 0 atom stereocenters. The van der Waals surface area contributed by atoms with E-state index in [2.05, 4.69) is 231 Å². The molecule has 11 aromatic rings. The molecule has 284 valence electrons. The van der Waals surface area contributed by atoms with Crippen LogP contribution in [0.5, 0.6) is 0 Å². The lowest BCUT2D eigenvalue weighted by Crippen LogP contribution is -2.17. The lowest BCUT2D eigenvalue weighted by Gasteiger charge is -2.31. The van der Waals surface area contributed by atoms with Crippen LogP contribution in [-0.2, 0) is 5.41 Å². The van der Waals surface area contributed by atoms with E-state index in [0.29, 0.717) is 0 Å². The zero-order valence-corrected chi connectivity index (χ0v) is 33.9. The Bertz CT molecular complexity index is 3470. The van der Waals surface area contributed by atoms with Crippen LogP contribution in [0, 0.1) is 6.92 Å². The van der Waals surface area contributed by atoms with E-state index in [0.717, 1.165) is 17.1 Å². The molecule has 0 saturated heterocycles. The molecule has 12 rings (SSSR count). The average Bonchev–Trinajstić information content (AvgIpc) is 3.53. The van der Waals surface area contributed by atoms with Crippen LogP contribution < -0.4 is 9.80 Å². The van der Waals surface area contributed by atoms with Crippen LogP contribution in [-0.4, -0.2) is 0 Å². The quantitative estimate of drug-likeness (QED) is 0.149. The number of aryl methyl sites for hydroxylation is 1. The highest BCUT2D eigenvalue weighted by Gasteiger charge is 2.35. The smallest absolute Gasteiger partial charge is 0.0541 e. The highest BCUT2D eigenvalue weighted by atomic mass is 15.2. The van der Waals surface area contributed by atoms with Crippen LogP contribution in [0.4, 0.5) is 34.1 Å². The number of anilines is 6. The third-order valence-electron chi connectivity index (χ3n) is 13.2. The third-order valence-corrected chi connectivity index (χ3v) is 13.2. The van der Waals surface area contributed by atoms with Crippen LogP contribution >= 0.6 is 0 Å². The molecule has 60 heavy (non-hydrogen) atoms. The molecule has 0 saturated carbocycles. The highest BCUT2D eigenvalue weighted by molar-refractivity contribution is 6.28. The minimum atomic E-state index is -0.124. The Balaban J connectivity index is 1.12. The molecule has 0 N–H and O–H groups in total. The minimum Gasteiger partial charge on any atom is -0.310 e. The summed E-state index contributed by atoms with van der Waals surface area (Å²) in [4.78, 5) is 4.97. The monoisotopic (exact) mass is 766 g/mol. The number of para-hydroxylation sites is 3. The second-order valence-electron chi connectivity index (χ2n) is 17.0. The summed E-state index contributed by atoms with van der Waals surface area (Å²) in [5, 5.41) is 12.9. The molecule has 0 aromatic heterocycles. The Labute approximate surface area is 350 Å². The molecular formula is C58H42N2. The molecular weight excluding hydrogens is 725 g/mol. The third kappa shape index (κ3) is 5.01. The van der Waals surface area contributed by atoms with Crippen molar-refractivity contribution in [2.45, 2.75) is 26.2 Å². The number of nitrogens with zero attached hydrogens (tertiary/aromatic N) is 2. The van der Waals surface area contributed by atoms with Crippen molar-refractivity contribution in [3.8, 4) is 11.1 Å². The molecule has 0 spiro atoms. The Morgan fingerprint density at radius 2 is 0.900 bits per heavy atom. The average molecular weight is 767 g/mol. The van der Waals surface area contributed by atoms with Gasteiger partial charge in [0.25, 0.3) is 0 Å². The predicted molar refractivity (Wildman–Crippen MR) is 257 cm³/mol. The Kier molecular flexibility index (Phi) is 7.52. The summed E-state index contributed by atoms with van der Waals surface area (Å²) in [7, 11) is 0. The standard InChI is InChI=1S/C58H42N2/c1-37-15-10-12-23-50(37)60(51-24-13-11-21-45(51)38-16-6-4-7-17-38)53-34-30-41-27-31-46-52(33-29-40-28-32-47(53)55(41)54(40)46)59(43-19-8-5-9-20-43)44-35-42-26-25-39-18-14-22-48-56(39)57(42)49(36-44)58(48,2)3/h4-36H,1-3H3. The highest BCUT2D eigenvalue weighted by Crippen LogP contribution is 2.53. The van der Waals surface area contributed by atoms with E-state index in [-0.39, 0.29) is 5.41 Å². The van der Waals surface area contributed by atoms with E-state index < -0.39 is 0 Å². The van der Waals surface area contributed by atoms with Crippen molar-refractivity contribution in [3.63, 3.8) is 0 Å². The summed E-state index contributed by atoms with van der Waals surface area (Å²) in [6, 6.07) is 74.2. The SMILES string of the molecule is Cc1ccccc1N(c1ccccc1-c1ccccc1)c1ccc2ccc3c(N(c4ccccc4)c4cc5c6c(ccc7cccc(c76)C5(C)C)c4)ccc4ccc1c2c43. The molecule has 1 aliphatic carbocycles. The summed E-state index contributed by atoms with van der Waals surface area (Å²) in [5.41, 5.74) is 13.2. The van der Waals surface area contributed by atoms with E-state index in [1.54, 1.807) is 0 Å². The lowest BCUT2D eigenvalue weighted by atomic mass is 9.81. The van der Waals surface area contributed by atoms with Crippen molar-refractivity contribution in [2.24, 2.45) is 0 Å². The molecule has 2 nitrogen and oxygen atoms in total. The zero-order chi connectivity index (χ0) is 40.1. The summed E-state index contributed by atoms with van der Waals surface area (Å²) >= 11 is 0. The van der Waals surface area contributed by atoms with E-state index >= 15 is 0 Å². The minimum absolute atomic E-state index is 0.124. The maximum absolute atomic E-state index is 2.49. The molecule has 0 unspecified atom stereocenters. The maximum Gasteiger partial charge on any atom is 0.0541 e. The van der Waals surface area contributed by atoms with Crippen LogP contribution in [0.1, 0.15) is 30.5 Å². The van der Waals surface area contributed by atoms with Gasteiger partial charge in [-0.25, -0.2) is 0 Å². The summed E-state index contributed by atoms with van der Waals surface area (Å²) in [6.45, 7) is 6.99. The second kappa shape index (κ2) is 13.0. The fourth-order valence-corrected chi connectivity index (χ4v) is 10.4. The molecule has 1 aliphatic rings. The van der Waals surface area contributed by atoms with Crippen molar-refractivity contribution >= 4 is 88.0 Å². The Morgan fingerprint density at radius 1 is 0.350 bits per heavy atom. The van der Waals surface area contributed by atoms with Gasteiger partial charge in [-0.1, -0.05) is 166 Å². The summed E-state index contributed by atoms with van der Waals surface area (Å²) < 4.78 is 0. The topological polar surface area (TPSA) is 6.48 Å². The Morgan fingerprint density at radius 3 is 1.62 bits per heavy atom. The fraction of sp³-hybridized carbons (Fsp3) is 0.0690.